The third-order valence-corrected chi connectivity index (χ3v) is 4.98. The number of nitriles is 1. The Morgan fingerprint density at radius 3 is 2.61 bits per heavy atom. The number of nitrogens with zero attached hydrogens (tertiary/aromatic N) is 1. The van der Waals surface area contributed by atoms with E-state index in [0.29, 0.717) is 18.4 Å². The molecule has 0 aliphatic heterocycles. The maximum atomic E-state index is 8.86. The first-order chi connectivity index (χ1) is 8.56. The minimum atomic E-state index is 0.233. The molecule has 102 valence electrons. The minimum absolute atomic E-state index is 0.233. The van der Waals surface area contributed by atoms with E-state index in [9.17, 15) is 0 Å². The molecule has 0 heterocycles. The van der Waals surface area contributed by atoms with Gasteiger partial charge in [0.15, 0.2) is 0 Å². The fourth-order valence-electron chi connectivity index (χ4n) is 3.31. The molecule has 0 amide bonds. The highest BCUT2D eigenvalue weighted by atomic mass is 16.5. The van der Waals surface area contributed by atoms with Gasteiger partial charge in [0.05, 0.1) is 18.8 Å². The van der Waals surface area contributed by atoms with E-state index in [1.54, 1.807) is 0 Å². The van der Waals surface area contributed by atoms with Crippen LogP contribution in [0.4, 0.5) is 0 Å². The fourth-order valence-corrected chi connectivity index (χ4v) is 3.31. The van der Waals surface area contributed by atoms with Crippen LogP contribution < -0.4 is 0 Å². The molecule has 2 heteroatoms. The molecule has 3 unspecified atom stereocenters. The van der Waals surface area contributed by atoms with Gasteiger partial charge >= 0.3 is 0 Å². The lowest BCUT2D eigenvalue weighted by atomic mass is 9.75. The van der Waals surface area contributed by atoms with Gasteiger partial charge in [-0.2, -0.15) is 5.26 Å². The monoisotopic (exact) mass is 249 g/mol. The van der Waals surface area contributed by atoms with Gasteiger partial charge in [0.2, 0.25) is 0 Å². The summed E-state index contributed by atoms with van der Waals surface area (Å²) in [7, 11) is 0. The van der Waals surface area contributed by atoms with E-state index in [0.717, 1.165) is 18.4 Å². The highest BCUT2D eigenvalue weighted by molar-refractivity contribution is 4.99. The Balaban J connectivity index is 1.87. The molecule has 18 heavy (non-hydrogen) atoms. The van der Waals surface area contributed by atoms with Crippen LogP contribution in [0.15, 0.2) is 0 Å². The summed E-state index contributed by atoms with van der Waals surface area (Å²) >= 11 is 0. The minimum Gasteiger partial charge on any atom is -0.377 e. The maximum absolute atomic E-state index is 8.86. The van der Waals surface area contributed by atoms with Crippen LogP contribution in [0.3, 0.4) is 0 Å². The Morgan fingerprint density at radius 1 is 1.33 bits per heavy atom. The lowest BCUT2D eigenvalue weighted by Gasteiger charge is -2.37. The van der Waals surface area contributed by atoms with Crippen molar-refractivity contribution in [2.24, 2.45) is 23.2 Å². The highest BCUT2D eigenvalue weighted by Crippen LogP contribution is 2.49. The van der Waals surface area contributed by atoms with Gasteiger partial charge in [-0.05, 0) is 43.4 Å². The van der Waals surface area contributed by atoms with Crippen LogP contribution in [0.2, 0.25) is 0 Å². The lowest BCUT2D eigenvalue weighted by molar-refractivity contribution is -0.0548. The first kappa shape index (κ1) is 13.9. The average molecular weight is 249 g/mol. The predicted octanol–water partition coefficient (Wildman–Crippen LogP) is 4.16. The topological polar surface area (TPSA) is 33.0 Å². The summed E-state index contributed by atoms with van der Waals surface area (Å²) in [6.45, 7) is 7.80. The fraction of sp³-hybridized carbons (Fsp3) is 0.938. The van der Waals surface area contributed by atoms with E-state index >= 15 is 0 Å². The van der Waals surface area contributed by atoms with Crippen molar-refractivity contribution in [1.82, 2.24) is 0 Å². The van der Waals surface area contributed by atoms with E-state index in [1.165, 1.54) is 32.1 Å². The van der Waals surface area contributed by atoms with E-state index in [-0.39, 0.29) is 5.41 Å². The van der Waals surface area contributed by atoms with Crippen molar-refractivity contribution in [2.45, 2.75) is 65.4 Å². The number of hydrogen-bond donors (Lipinski definition) is 0. The molecule has 0 saturated heterocycles. The summed E-state index contributed by atoms with van der Waals surface area (Å²) in [6, 6.07) is 2.32. The summed E-state index contributed by atoms with van der Waals surface area (Å²) < 4.78 is 6.26. The molecule has 0 bridgehead atoms. The zero-order valence-corrected chi connectivity index (χ0v) is 12.1. The van der Waals surface area contributed by atoms with E-state index in [2.05, 4.69) is 26.8 Å². The van der Waals surface area contributed by atoms with Gasteiger partial charge in [0.25, 0.3) is 0 Å². The van der Waals surface area contributed by atoms with Gasteiger partial charge in [-0.1, -0.05) is 27.2 Å². The Kier molecular flexibility index (Phi) is 4.33. The molecule has 2 fully saturated rings. The number of hydrogen-bond acceptors (Lipinski definition) is 2. The summed E-state index contributed by atoms with van der Waals surface area (Å²) in [5, 5.41) is 8.86. The van der Waals surface area contributed by atoms with Crippen molar-refractivity contribution < 1.29 is 4.74 Å². The molecule has 0 aromatic heterocycles. The van der Waals surface area contributed by atoms with Crippen molar-refractivity contribution in [1.29, 1.82) is 5.26 Å². The van der Waals surface area contributed by atoms with Crippen molar-refractivity contribution in [2.75, 3.05) is 6.61 Å². The van der Waals surface area contributed by atoms with Crippen LogP contribution in [-0.4, -0.2) is 12.7 Å². The summed E-state index contributed by atoms with van der Waals surface area (Å²) in [5.41, 5.74) is 0.233. The molecular formula is C16H27NO. The Morgan fingerprint density at radius 2 is 2.06 bits per heavy atom. The third-order valence-electron chi connectivity index (χ3n) is 4.98. The Hall–Kier alpha value is -0.550. The standard InChI is InChI=1S/C16H27NO/c1-12(2)14-5-4-13(3)10-15(14)18-11-16(6-7-16)8-9-17/h12-15H,4-8,10-11H2,1-3H3. The lowest BCUT2D eigenvalue weighted by Crippen LogP contribution is -2.35. The maximum Gasteiger partial charge on any atom is 0.0628 e. The zero-order valence-electron chi connectivity index (χ0n) is 12.1. The normalized spacial score (nSPS) is 34.3. The molecule has 2 aliphatic carbocycles. The molecule has 0 spiro atoms. The second kappa shape index (κ2) is 5.61. The summed E-state index contributed by atoms with van der Waals surface area (Å²) in [6.07, 6.45) is 7.38. The van der Waals surface area contributed by atoms with Crippen LogP contribution in [0.1, 0.15) is 59.3 Å². The van der Waals surface area contributed by atoms with Crippen LogP contribution in [0.5, 0.6) is 0 Å². The van der Waals surface area contributed by atoms with Gasteiger partial charge < -0.3 is 4.74 Å². The second-order valence-corrected chi connectivity index (χ2v) is 7.01. The molecule has 0 aromatic carbocycles. The third kappa shape index (κ3) is 3.26. The SMILES string of the molecule is CC1CCC(C(C)C)C(OCC2(CC#N)CC2)C1. The van der Waals surface area contributed by atoms with E-state index in [1.807, 2.05) is 0 Å². The molecule has 2 saturated carbocycles. The van der Waals surface area contributed by atoms with Gasteiger partial charge in [0, 0.05) is 11.8 Å². The molecular weight excluding hydrogens is 222 g/mol. The van der Waals surface area contributed by atoms with Crippen molar-refractivity contribution in [3.8, 4) is 6.07 Å². The molecule has 2 aliphatic rings. The number of rotatable bonds is 5. The summed E-state index contributed by atoms with van der Waals surface area (Å²) in [5.74, 6) is 2.24. The van der Waals surface area contributed by atoms with Gasteiger partial charge in [-0.3, -0.25) is 0 Å². The van der Waals surface area contributed by atoms with Crippen molar-refractivity contribution >= 4 is 0 Å². The molecule has 2 nitrogen and oxygen atoms in total. The average Bonchev–Trinajstić information content (AvgIpc) is 3.07. The molecule has 2 rings (SSSR count). The molecule has 0 radical (unpaired) electrons. The largest absolute Gasteiger partial charge is 0.377 e. The van der Waals surface area contributed by atoms with Gasteiger partial charge in [0.1, 0.15) is 0 Å². The highest BCUT2D eigenvalue weighted by Gasteiger charge is 2.44. The van der Waals surface area contributed by atoms with Crippen LogP contribution in [-0.2, 0) is 4.74 Å². The van der Waals surface area contributed by atoms with E-state index < -0.39 is 0 Å². The van der Waals surface area contributed by atoms with E-state index in [4.69, 9.17) is 10.00 Å². The zero-order chi connectivity index (χ0) is 13.2. The smallest absolute Gasteiger partial charge is 0.0628 e. The summed E-state index contributed by atoms with van der Waals surface area (Å²) in [4.78, 5) is 0. The van der Waals surface area contributed by atoms with Crippen LogP contribution >= 0.6 is 0 Å². The first-order valence-corrected chi connectivity index (χ1v) is 7.55. The molecule has 3 atom stereocenters. The van der Waals surface area contributed by atoms with Crippen LogP contribution in [0, 0.1) is 34.5 Å². The Bertz CT molecular complexity index is 314. The molecule has 0 aromatic rings. The van der Waals surface area contributed by atoms with Crippen molar-refractivity contribution in [3.05, 3.63) is 0 Å². The first-order valence-electron chi connectivity index (χ1n) is 7.55. The second-order valence-electron chi connectivity index (χ2n) is 7.01. The van der Waals surface area contributed by atoms with Crippen molar-refractivity contribution in [3.63, 3.8) is 0 Å². The van der Waals surface area contributed by atoms with Gasteiger partial charge in [-0.25, -0.2) is 0 Å². The Labute approximate surface area is 112 Å². The van der Waals surface area contributed by atoms with Crippen LogP contribution in [0.25, 0.3) is 0 Å². The quantitative estimate of drug-likeness (QED) is 0.733. The van der Waals surface area contributed by atoms with Gasteiger partial charge in [-0.15, -0.1) is 0 Å². The number of ether oxygens (including phenoxy) is 1. The molecule has 0 N–H and O–H groups in total. The predicted molar refractivity (Wildman–Crippen MR) is 73.0 cm³/mol.